The predicted molar refractivity (Wildman–Crippen MR) is 360 cm³/mol. The molecule has 17 aromatic rings. The molecule has 9 aromatic heterocycles. The molecule has 0 aliphatic heterocycles. The summed E-state index contributed by atoms with van der Waals surface area (Å²) in [5.41, 5.74) is 31.0. The molecule has 8 aromatic carbocycles. The first kappa shape index (κ1) is 49.3. The molecule has 0 fully saturated rings. The molecule has 0 amide bonds. The smallest absolute Gasteiger partial charge is 0.138 e. The molecule has 0 saturated heterocycles. The highest BCUT2D eigenvalue weighted by Gasteiger charge is 2.29. The van der Waals surface area contributed by atoms with E-state index >= 15 is 0 Å². The zero-order valence-electron chi connectivity index (χ0n) is 47.9. The van der Waals surface area contributed by atoms with Crippen molar-refractivity contribution < 1.29 is 0 Å². The number of benzene rings is 8. The van der Waals surface area contributed by atoms with Crippen LogP contribution in [0.1, 0.15) is 22.3 Å². The van der Waals surface area contributed by atoms with Crippen molar-refractivity contribution in [2.45, 2.75) is 12.8 Å². The molecule has 2 aliphatic rings. The fourth-order valence-electron chi connectivity index (χ4n) is 14.7. The molecule has 9 heteroatoms. The maximum atomic E-state index is 5.37. The summed E-state index contributed by atoms with van der Waals surface area (Å²) in [6.07, 6.45) is 10.9. The minimum absolute atomic E-state index is 0.749. The molecule has 0 atom stereocenters. The molecule has 0 spiro atoms. The number of hydrogen-bond acceptors (Lipinski definition) is 6. The summed E-state index contributed by atoms with van der Waals surface area (Å²) in [4.78, 5) is 29.4. The van der Waals surface area contributed by atoms with Gasteiger partial charge in [-0.05, 0) is 188 Å². The Kier molecular flexibility index (Phi) is 10.7. The zero-order valence-corrected chi connectivity index (χ0v) is 47.9. The monoisotopic (exact) mass is 1140 g/mol. The van der Waals surface area contributed by atoms with Gasteiger partial charge in [0, 0.05) is 82.2 Å². The van der Waals surface area contributed by atoms with E-state index < -0.39 is 0 Å². The molecule has 0 unspecified atom stereocenters. The van der Waals surface area contributed by atoms with Crippen molar-refractivity contribution in [1.29, 1.82) is 0 Å². The van der Waals surface area contributed by atoms with E-state index in [2.05, 4.69) is 232 Å². The van der Waals surface area contributed by atoms with E-state index in [0.29, 0.717) is 0 Å². The second-order valence-electron chi connectivity index (χ2n) is 23.3. The SMILES string of the molecule is c1ccc(-c2ccccc2-c2ccc3c(c2)c2cc(-c4ccccc4-c4ccccn4)ccc2n3-c2ccc3c(c2)-c2cccc(-n4c5ccccc5c5cc(-c6ccnc7c6Cc6ccc(-n8c9cccnc9c9ncccc98)nc6-7)ccc54)c2C3)nc1. The van der Waals surface area contributed by atoms with Crippen LogP contribution in [-0.2, 0) is 12.8 Å². The Bertz CT molecular complexity index is 5620. The fourth-order valence-corrected chi connectivity index (χ4v) is 14.7. The first-order valence-corrected chi connectivity index (χ1v) is 30.2. The molecule has 9 heterocycles. The molecular weight excluding hydrogens is 1090 g/mol. The number of para-hydroxylation sites is 1. The second-order valence-corrected chi connectivity index (χ2v) is 23.3. The second kappa shape index (κ2) is 19.3. The van der Waals surface area contributed by atoms with Crippen LogP contribution in [-0.4, -0.2) is 43.6 Å². The summed E-state index contributed by atoms with van der Waals surface area (Å²) in [5, 5.41) is 4.79. The third-order valence-corrected chi connectivity index (χ3v) is 18.6. The van der Waals surface area contributed by atoms with Gasteiger partial charge < -0.3 is 9.13 Å². The van der Waals surface area contributed by atoms with Crippen LogP contribution in [0.5, 0.6) is 0 Å². The summed E-state index contributed by atoms with van der Waals surface area (Å²) in [5.74, 6) is 0.821. The number of pyridine rings is 6. The molecule has 0 bridgehead atoms. The quantitative estimate of drug-likeness (QED) is 0.151. The highest BCUT2D eigenvalue weighted by atomic mass is 15.1. The topological polar surface area (TPSA) is 92.1 Å². The van der Waals surface area contributed by atoms with Gasteiger partial charge in [0.15, 0.2) is 0 Å². The van der Waals surface area contributed by atoms with E-state index in [1.54, 1.807) is 0 Å². The van der Waals surface area contributed by atoms with Crippen LogP contribution in [0.2, 0.25) is 0 Å². The van der Waals surface area contributed by atoms with Gasteiger partial charge in [-0.15, -0.1) is 0 Å². The number of hydrogen-bond donors (Lipinski definition) is 0. The lowest BCUT2D eigenvalue weighted by molar-refractivity contribution is 1.07. The van der Waals surface area contributed by atoms with Crippen molar-refractivity contribution in [2.24, 2.45) is 0 Å². The summed E-state index contributed by atoms with van der Waals surface area (Å²) in [6.45, 7) is 0. The average molecular weight is 1140 g/mol. The molecule has 89 heavy (non-hydrogen) atoms. The molecule has 19 rings (SSSR count). The van der Waals surface area contributed by atoms with E-state index in [0.717, 1.165) is 119 Å². The van der Waals surface area contributed by atoms with Gasteiger partial charge in [0.2, 0.25) is 0 Å². The highest BCUT2D eigenvalue weighted by Crippen LogP contribution is 2.47. The van der Waals surface area contributed by atoms with Crippen LogP contribution < -0.4 is 0 Å². The highest BCUT2D eigenvalue weighted by molar-refractivity contribution is 6.14. The van der Waals surface area contributed by atoms with Crippen LogP contribution in [0.3, 0.4) is 0 Å². The number of aromatic nitrogens is 9. The molecule has 0 radical (unpaired) electrons. The van der Waals surface area contributed by atoms with Crippen LogP contribution in [0.4, 0.5) is 0 Å². The first-order chi connectivity index (χ1) is 44.1. The third kappa shape index (κ3) is 7.49. The van der Waals surface area contributed by atoms with Crippen molar-refractivity contribution in [3.05, 3.63) is 296 Å². The van der Waals surface area contributed by atoms with E-state index in [1.165, 1.54) is 77.2 Å². The van der Waals surface area contributed by atoms with Crippen LogP contribution in [0.25, 0.3) is 161 Å². The van der Waals surface area contributed by atoms with Crippen molar-refractivity contribution in [3.63, 3.8) is 0 Å². The van der Waals surface area contributed by atoms with Crippen LogP contribution >= 0.6 is 0 Å². The van der Waals surface area contributed by atoms with Gasteiger partial charge in [-0.25, -0.2) is 4.98 Å². The van der Waals surface area contributed by atoms with Gasteiger partial charge in [0.25, 0.3) is 0 Å². The fraction of sp³-hybridized carbons (Fsp3) is 0.0250. The van der Waals surface area contributed by atoms with E-state index in [4.69, 9.17) is 29.9 Å². The number of fused-ring (bicyclic) bond motifs is 15. The van der Waals surface area contributed by atoms with Gasteiger partial charge in [0.05, 0.1) is 61.6 Å². The third-order valence-electron chi connectivity index (χ3n) is 18.6. The molecule has 0 N–H and O–H groups in total. The van der Waals surface area contributed by atoms with Crippen molar-refractivity contribution in [2.75, 3.05) is 0 Å². The Morgan fingerprint density at radius 2 is 0.820 bits per heavy atom. The summed E-state index contributed by atoms with van der Waals surface area (Å²) in [6, 6.07) is 87.9. The largest absolute Gasteiger partial charge is 0.309 e. The maximum Gasteiger partial charge on any atom is 0.138 e. The van der Waals surface area contributed by atoms with Crippen molar-refractivity contribution >= 4 is 65.7 Å². The van der Waals surface area contributed by atoms with Crippen LogP contribution in [0.15, 0.2) is 274 Å². The number of rotatable bonds is 8. The summed E-state index contributed by atoms with van der Waals surface area (Å²) >= 11 is 0. The van der Waals surface area contributed by atoms with Gasteiger partial charge >= 0.3 is 0 Å². The summed E-state index contributed by atoms with van der Waals surface area (Å²) < 4.78 is 7.13. The lowest BCUT2D eigenvalue weighted by atomic mass is 9.94. The molecule has 2 aliphatic carbocycles. The lowest BCUT2D eigenvalue weighted by Crippen LogP contribution is -1.99. The number of nitrogens with zero attached hydrogens (tertiary/aromatic N) is 9. The van der Waals surface area contributed by atoms with Crippen molar-refractivity contribution in [3.8, 4) is 95.6 Å². The minimum Gasteiger partial charge on any atom is -0.309 e. The van der Waals surface area contributed by atoms with E-state index in [1.807, 2.05) is 55.2 Å². The average Bonchev–Trinajstić information content (AvgIpc) is 1.85. The molecular formula is C80H49N9. The molecule has 414 valence electrons. The standard InChI is InChI=1S/C80H49N9/c1-3-16-58(67-20-7-9-37-81-67)54(14-1)48-27-32-71-64(43-48)65-44-49(55-15-2-4-17-59(55)68-21-8-10-38-82-68)28-33-72(65)87(71)53-31-26-51-45-62-57(61(51)47-53)19-11-23-70(62)88-69-22-6-5-18-60(69)63-42-50(29-34-73(63)88)56-36-41-85-78-66(56)46-52-30-35-76(86-77(52)78)89-74-24-12-39-83-79(74)80-75(89)25-13-40-84-80/h1-44,47H,45-46H2. The summed E-state index contributed by atoms with van der Waals surface area (Å²) in [7, 11) is 0. The van der Waals surface area contributed by atoms with Gasteiger partial charge in [-0.3, -0.25) is 29.5 Å². The zero-order chi connectivity index (χ0) is 58.3. The molecule has 0 saturated carbocycles. The van der Waals surface area contributed by atoms with Gasteiger partial charge in [-0.1, -0.05) is 121 Å². The van der Waals surface area contributed by atoms with E-state index in [-0.39, 0.29) is 0 Å². The first-order valence-electron chi connectivity index (χ1n) is 30.2. The van der Waals surface area contributed by atoms with Crippen molar-refractivity contribution in [1.82, 2.24) is 43.6 Å². The molecule has 9 nitrogen and oxygen atoms in total. The Labute approximate surface area is 510 Å². The Morgan fingerprint density at radius 1 is 0.281 bits per heavy atom. The van der Waals surface area contributed by atoms with Crippen LogP contribution in [0, 0.1) is 0 Å². The Hall–Kier alpha value is -11.9. The Balaban J connectivity index is 0.718. The minimum atomic E-state index is 0.749. The predicted octanol–water partition coefficient (Wildman–Crippen LogP) is 18.8. The maximum absolute atomic E-state index is 5.37. The Morgan fingerprint density at radius 3 is 1.48 bits per heavy atom. The normalized spacial score (nSPS) is 12.4. The van der Waals surface area contributed by atoms with E-state index in [9.17, 15) is 0 Å². The lowest BCUT2D eigenvalue weighted by Gasteiger charge is -2.14. The van der Waals surface area contributed by atoms with Gasteiger partial charge in [0.1, 0.15) is 16.9 Å². The van der Waals surface area contributed by atoms with Gasteiger partial charge in [-0.2, -0.15) is 0 Å².